The molecule has 0 aromatic heterocycles. The van der Waals surface area contributed by atoms with Crippen molar-refractivity contribution in [3.05, 3.63) is 35.4 Å². The van der Waals surface area contributed by atoms with Gasteiger partial charge in [-0.1, -0.05) is 24.3 Å². The van der Waals surface area contributed by atoms with Gasteiger partial charge in [0.15, 0.2) is 0 Å². The molecule has 4 heteroatoms. The number of nitrogens with zero attached hydrogens (tertiary/aromatic N) is 1. The van der Waals surface area contributed by atoms with Gasteiger partial charge in [0.05, 0.1) is 13.2 Å². The van der Waals surface area contributed by atoms with Gasteiger partial charge in [0.25, 0.3) is 0 Å². The smallest absolute Gasteiger partial charge is 0.0594 e. The molecule has 4 nitrogen and oxygen atoms in total. The number of aliphatic hydroxyl groups is 1. The third-order valence-electron chi connectivity index (χ3n) is 3.62. The highest BCUT2D eigenvalue weighted by Gasteiger charge is 2.10. The molecule has 1 fully saturated rings. The van der Waals surface area contributed by atoms with Gasteiger partial charge in [-0.05, 0) is 30.5 Å². The van der Waals surface area contributed by atoms with Gasteiger partial charge in [-0.2, -0.15) is 0 Å². The molecule has 0 saturated carbocycles. The standard InChI is InChI=1S/C16H26N2O2/c19-10-2-1-7-17-13-15-3-5-16(6-4-15)14-18-8-11-20-12-9-18/h3-6,17,19H,1-2,7-14H2. The number of hydrogen-bond donors (Lipinski definition) is 2. The largest absolute Gasteiger partial charge is 0.396 e. The van der Waals surface area contributed by atoms with Crippen molar-refractivity contribution in [1.29, 1.82) is 0 Å². The van der Waals surface area contributed by atoms with Crippen LogP contribution in [0.1, 0.15) is 24.0 Å². The molecule has 0 atom stereocenters. The molecule has 0 amide bonds. The SMILES string of the molecule is OCCCCNCc1ccc(CN2CCOCC2)cc1. The summed E-state index contributed by atoms with van der Waals surface area (Å²) in [5, 5.41) is 12.1. The fraction of sp³-hybridized carbons (Fsp3) is 0.625. The number of benzene rings is 1. The Bertz CT molecular complexity index is 361. The van der Waals surface area contributed by atoms with Crippen LogP contribution < -0.4 is 5.32 Å². The van der Waals surface area contributed by atoms with Crippen LogP contribution >= 0.6 is 0 Å². The molecule has 1 saturated heterocycles. The molecule has 1 aromatic rings. The van der Waals surface area contributed by atoms with Crippen molar-refractivity contribution in [2.45, 2.75) is 25.9 Å². The molecular weight excluding hydrogens is 252 g/mol. The van der Waals surface area contributed by atoms with Gasteiger partial charge in [-0.15, -0.1) is 0 Å². The lowest BCUT2D eigenvalue weighted by molar-refractivity contribution is 0.0342. The molecule has 0 bridgehead atoms. The van der Waals surface area contributed by atoms with Crippen LogP contribution in [-0.4, -0.2) is 49.5 Å². The zero-order valence-corrected chi connectivity index (χ0v) is 12.2. The third-order valence-corrected chi connectivity index (χ3v) is 3.62. The van der Waals surface area contributed by atoms with Crippen LogP contribution in [0, 0.1) is 0 Å². The van der Waals surface area contributed by atoms with Gasteiger partial charge in [-0.3, -0.25) is 4.90 Å². The lowest BCUT2D eigenvalue weighted by Crippen LogP contribution is -2.35. The number of rotatable bonds is 8. The molecule has 1 aliphatic heterocycles. The van der Waals surface area contributed by atoms with E-state index in [0.717, 1.165) is 58.8 Å². The van der Waals surface area contributed by atoms with Crippen LogP contribution in [-0.2, 0) is 17.8 Å². The van der Waals surface area contributed by atoms with E-state index in [0.29, 0.717) is 0 Å². The summed E-state index contributed by atoms with van der Waals surface area (Å²) < 4.78 is 5.36. The van der Waals surface area contributed by atoms with Crippen molar-refractivity contribution in [2.24, 2.45) is 0 Å². The molecule has 0 unspecified atom stereocenters. The molecular formula is C16H26N2O2. The first-order valence-corrected chi connectivity index (χ1v) is 7.58. The fourth-order valence-corrected chi connectivity index (χ4v) is 2.37. The second-order valence-electron chi connectivity index (χ2n) is 5.31. The van der Waals surface area contributed by atoms with Gasteiger partial charge < -0.3 is 15.2 Å². The maximum absolute atomic E-state index is 8.71. The molecule has 0 spiro atoms. The molecule has 0 radical (unpaired) electrons. The second kappa shape index (κ2) is 9.08. The van der Waals surface area contributed by atoms with Crippen LogP contribution in [0.2, 0.25) is 0 Å². The molecule has 112 valence electrons. The average Bonchev–Trinajstić information content (AvgIpc) is 2.50. The number of nitrogens with one attached hydrogen (secondary N) is 1. The monoisotopic (exact) mass is 278 g/mol. The molecule has 0 aliphatic carbocycles. The fourth-order valence-electron chi connectivity index (χ4n) is 2.37. The predicted molar refractivity (Wildman–Crippen MR) is 80.6 cm³/mol. The van der Waals surface area contributed by atoms with Gasteiger partial charge in [0.1, 0.15) is 0 Å². The van der Waals surface area contributed by atoms with Crippen molar-refractivity contribution < 1.29 is 9.84 Å². The van der Waals surface area contributed by atoms with E-state index in [1.807, 2.05) is 0 Å². The lowest BCUT2D eigenvalue weighted by atomic mass is 10.1. The number of ether oxygens (including phenoxy) is 1. The highest BCUT2D eigenvalue weighted by Crippen LogP contribution is 2.09. The van der Waals surface area contributed by atoms with Crippen LogP contribution in [0.4, 0.5) is 0 Å². The minimum Gasteiger partial charge on any atom is -0.396 e. The highest BCUT2D eigenvalue weighted by atomic mass is 16.5. The van der Waals surface area contributed by atoms with Crippen LogP contribution in [0.5, 0.6) is 0 Å². The number of unbranched alkanes of at least 4 members (excludes halogenated alkanes) is 1. The maximum atomic E-state index is 8.71. The van der Waals surface area contributed by atoms with Crippen LogP contribution in [0.15, 0.2) is 24.3 Å². The first kappa shape index (κ1) is 15.4. The Hall–Kier alpha value is -0.940. The highest BCUT2D eigenvalue weighted by molar-refractivity contribution is 5.22. The minimum atomic E-state index is 0.290. The first-order chi connectivity index (χ1) is 9.88. The molecule has 1 heterocycles. The van der Waals surface area contributed by atoms with Crippen molar-refractivity contribution in [1.82, 2.24) is 10.2 Å². The summed E-state index contributed by atoms with van der Waals surface area (Å²) in [5.41, 5.74) is 2.69. The van der Waals surface area contributed by atoms with E-state index < -0.39 is 0 Å². The summed E-state index contributed by atoms with van der Waals surface area (Å²) >= 11 is 0. The van der Waals surface area contributed by atoms with Gasteiger partial charge >= 0.3 is 0 Å². The lowest BCUT2D eigenvalue weighted by Gasteiger charge is -2.26. The third kappa shape index (κ3) is 5.59. The molecule has 2 rings (SSSR count). The number of morpholine rings is 1. The summed E-state index contributed by atoms with van der Waals surface area (Å²) in [7, 11) is 0. The van der Waals surface area contributed by atoms with Gasteiger partial charge in [0, 0.05) is 32.8 Å². The second-order valence-corrected chi connectivity index (χ2v) is 5.31. The predicted octanol–water partition coefficient (Wildman–Crippen LogP) is 1.38. The first-order valence-electron chi connectivity index (χ1n) is 7.58. The Kier molecular flexibility index (Phi) is 7.01. The van der Waals surface area contributed by atoms with E-state index in [-0.39, 0.29) is 6.61 Å². The van der Waals surface area contributed by atoms with Gasteiger partial charge in [-0.25, -0.2) is 0 Å². The Morgan fingerprint density at radius 3 is 2.45 bits per heavy atom. The normalized spacial score (nSPS) is 16.4. The van der Waals surface area contributed by atoms with Crippen molar-refractivity contribution >= 4 is 0 Å². The Morgan fingerprint density at radius 2 is 1.75 bits per heavy atom. The topological polar surface area (TPSA) is 44.7 Å². The molecule has 20 heavy (non-hydrogen) atoms. The van der Waals surface area contributed by atoms with Crippen molar-refractivity contribution in [2.75, 3.05) is 39.5 Å². The zero-order chi connectivity index (χ0) is 14.0. The molecule has 1 aromatic carbocycles. The van der Waals surface area contributed by atoms with E-state index >= 15 is 0 Å². The van der Waals surface area contributed by atoms with Gasteiger partial charge in [0.2, 0.25) is 0 Å². The summed E-state index contributed by atoms with van der Waals surface area (Å²) in [4.78, 5) is 2.44. The number of hydrogen-bond acceptors (Lipinski definition) is 4. The van der Waals surface area contributed by atoms with Crippen LogP contribution in [0.25, 0.3) is 0 Å². The quantitative estimate of drug-likeness (QED) is 0.705. The number of aliphatic hydroxyl groups excluding tert-OH is 1. The van der Waals surface area contributed by atoms with Crippen molar-refractivity contribution in [3.63, 3.8) is 0 Å². The Balaban J connectivity index is 1.69. The van der Waals surface area contributed by atoms with Crippen molar-refractivity contribution in [3.8, 4) is 0 Å². The summed E-state index contributed by atoms with van der Waals surface area (Å²) in [6.45, 7) is 6.97. The molecule has 2 N–H and O–H groups in total. The van der Waals surface area contributed by atoms with Crippen LogP contribution in [0.3, 0.4) is 0 Å². The van der Waals surface area contributed by atoms with E-state index in [4.69, 9.17) is 9.84 Å². The molecule has 1 aliphatic rings. The summed E-state index contributed by atoms with van der Waals surface area (Å²) in [5.74, 6) is 0. The Labute approximate surface area is 121 Å². The maximum Gasteiger partial charge on any atom is 0.0594 e. The van der Waals surface area contributed by atoms with E-state index in [9.17, 15) is 0 Å². The Morgan fingerprint density at radius 1 is 1.05 bits per heavy atom. The average molecular weight is 278 g/mol. The van der Waals surface area contributed by atoms with E-state index in [1.54, 1.807) is 0 Å². The summed E-state index contributed by atoms with van der Waals surface area (Å²) in [6.07, 6.45) is 1.91. The zero-order valence-electron chi connectivity index (χ0n) is 12.2. The van der Waals surface area contributed by atoms with E-state index in [2.05, 4.69) is 34.5 Å². The summed E-state index contributed by atoms with van der Waals surface area (Å²) in [6, 6.07) is 8.85. The van der Waals surface area contributed by atoms with E-state index in [1.165, 1.54) is 11.1 Å². The minimum absolute atomic E-state index is 0.290.